The Labute approximate surface area is 229 Å². The smallest absolute Gasteiger partial charge is 0.324 e. The topological polar surface area (TPSA) is 123 Å². The summed E-state index contributed by atoms with van der Waals surface area (Å²) in [5.74, 6) is -0.0316. The molecule has 2 aromatic carbocycles. The molecule has 40 heavy (non-hydrogen) atoms. The van der Waals surface area contributed by atoms with Crippen LogP contribution in [0.1, 0.15) is 35.9 Å². The van der Waals surface area contributed by atoms with E-state index in [1.807, 2.05) is 38.1 Å². The van der Waals surface area contributed by atoms with Crippen molar-refractivity contribution < 1.29 is 18.7 Å². The Morgan fingerprint density at radius 3 is 2.52 bits per heavy atom. The highest BCUT2D eigenvalue weighted by molar-refractivity contribution is 5.99. The molecule has 11 heteroatoms. The largest absolute Gasteiger partial charge is 0.457 e. The molecule has 10 nitrogen and oxygen atoms in total. The van der Waals surface area contributed by atoms with Crippen LogP contribution in [0.2, 0.25) is 0 Å². The molecule has 0 radical (unpaired) electrons. The van der Waals surface area contributed by atoms with Gasteiger partial charge in [-0.1, -0.05) is 19.9 Å². The Hall–Kier alpha value is -5.32. The lowest BCUT2D eigenvalue weighted by Crippen LogP contribution is -2.22. The third-order valence-corrected chi connectivity index (χ3v) is 6.05. The molecule has 0 saturated carbocycles. The summed E-state index contributed by atoms with van der Waals surface area (Å²) in [5.41, 5.74) is 1.66. The summed E-state index contributed by atoms with van der Waals surface area (Å²) in [6, 6.07) is 15.8. The Bertz CT molecular complexity index is 1720. The van der Waals surface area contributed by atoms with Crippen LogP contribution in [0, 0.1) is 5.82 Å². The van der Waals surface area contributed by atoms with Crippen LogP contribution in [-0.4, -0.2) is 38.7 Å². The van der Waals surface area contributed by atoms with Crippen molar-refractivity contribution in [1.29, 1.82) is 0 Å². The van der Waals surface area contributed by atoms with Crippen molar-refractivity contribution in [3.8, 4) is 17.2 Å². The first-order chi connectivity index (χ1) is 19.3. The molecule has 3 aromatic heterocycles. The number of anilines is 2. The van der Waals surface area contributed by atoms with Crippen molar-refractivity contribution in [1.82, 2.24) is 25.1 Å². The molecule has 0 aliphatic carbocycles. The molecule has 5 aromatic rings. The van der Waals surface area contributed by atoms with Gasteiger partial charge in [0.25, 0.3) is 5.91 Å². The lowest BCUT2D eigenvalue weighted by atomic mass is 10.1. The van der Waals surface area contributed by atoms with Gasteiger partial charge in [0, 0.05) is 49.2 Å². The SMILES string of the molecule is CNC(=O)c1cc(Oc2ccc(NC(=O)Nc3cc(C(C)C)nn3-c3ccc4cnccc4c3)c(F)c2)ccn1. The van der Waals surface area contributed by atoms with Crippen molar-refractivity contribution >= 4 is 34.2 Å². The quantitative estimate of drug-likeness (QED) is 0.238. The summed E-state index contributed by atoms with van der Waals surface area (Å²) in [7, 11) is 1.49. The predicted octanol–water partition coefficient (Wildman–Crippen LogP) is 5.87. The number of halogens is 1. The van der Waals surface area contributed by atoms with Gasteiger partial charge in [0.05, 0.1) is 17.1 Å². The van der Waals surface area contributed by atoms with Gasteiger partial charge in [-0.3, -0.25) is 20.1 Å². The van der Waals surface area contributed by atoms with Crippen molar-refractivity contribution in [2.24, 2.45) is 0 Å². The van der Waals surface area contributed by atoms with Crippen LogP contribution < -0.4 is 20.7 Å². The average molecular weight is 540 g/mol. The highest BCUT2D eigenvalue weighted by Crippen LogP contribution is 2.27. The predicted molar refractivity (Wildman–Crippen MR) is 150 cm³/mol. The van der Waals surface area contributed by atoms with Gasteiger partial charge >= 0.3 is 6.03 Å². The van der Waals surface area contributed by atoms with Gasteiger partial charge in [-0.05, 0) is 47.7 Å². The van der Waals surface area contributed by atoms with E-state index < -0.39 is 11.8 Å². The van der Waals surface area contributed by atoms with E-state index in [2.05, 4.69) is 31.0 Å². The highest BCUT2D eigenvalue weighted by atomic mass is 19.1. The number of benzene rings is 2. The summed E-state index contributed by atoms with van der Waals surface area (Å²) in [5, 5.41) is 14.4. The van der Waals surface area contributed by atoms with Gasteiger partial charge in [-0.2, -0.15) is 5.10 Å². The standard InChI is InChI=1S/C29H26FN7O3/c1-17(2)25-15-27(37(36-25)20-5-4-19-16-32-10-8-18(19)12-20)35-29(39)34-24-7-6-21(13-23(24)30)40-22-9-11-33-26(14-22)28(38)31-3/h4-17H,1-3H3,(H,31,38)(H2,34,35,39). The number of nitrogens with zero attached hydrogens (tertiary/aromatic N) is 4. The maximum atomic E-state index is 14.9. The molecule has 3 amide bonds. The fourth-order valence-corrected chi connectivity index (χ4v) is 3.96. The number of ether oxygens (including phenoxy) is 1. The van der Waals surface area contributed by atoms with E-state index in [9.17, 15) is 14.0 Å². The molecule has 0 fully saturated rings. The molecule has 0 atom stereocenters. The number of carbonyl (C=O) groups excluding carboxylic acids is 2. The molecule has 0 bridgehead atoms. The minimum atomic E-state index is -0.701. The molecule has 202 valence electrons. The molecule has 3 heterocycles. The van der Waals surface area contributed by atoms with Crippen LogP contribution in [0.15, 0.2) is 79.3 Å². The van der Waals surface area contributed by atoms with E-state index in [-0.39, 0.29) is 29.0 Å². The molecule has 0 saturated heterocycles. The highest BCUT2D eigenvalue weighted by Gasteiger charge is 2.16. The van der Waals surface area contributed by atoms with E-state index in [1.54, 1.807) is 29.2 Å². The molecular formula is C29H26FN7O3. The van der Waals surface area contributed by atoms with Crippen molar-refractivity contribution in [3.63, 3.8) is 0 Å². The number of carbonyl (C=O) groups is 2. The number of pyridine rings is 2. The monoisotopic (exact) mass is 539 g/mol. The first kappa shape index (κ1) is 26.3. The van der Waals surface area contributed by atoms with Crippen LogP contribution >= 0.6 is 0 Å². The van der Waals surface area contributed by atoms with Crippen LogP contribution in [-0.2, 0) is 0 Å². The molecule has 5 rings (SSSR count). The lowest BCUT2D eigenvalue weighted by molar-refractivity contribution is 0.0957. The van der Waals surface area contributed by atoms with Gasteiger partial charge in [0.1, 0.15) is 28.8 Å². The summed E-state index contributed by atoms with van der Waals surface area (Å²) >= 11 is 0. The lowest BCUT2D eigenvalue weighted by Gasteiger charge is -2.12. The van der Waals surface area contributed by atoms with Gasteiger partial charge in [0.15, 0.2) is 0 Å². The maximum absolute atomic E-state index is 14.9. The Morgan fingerprint density at radius 1 is 0.925 bits per heavy atom. The Morgan fingerprint density at radius 2 is 1.75 bits per heavy atom. The second-order valence-electron chi connectivity index (χ2n) is 9.21. The molecule has 0 aliphatic heterocycles. The maximum Gasteiger partial charge on any atom is 0.324 e. The van der Waals surface area contributed by atoms with Crippen LogP contribution in [0.25, 0.3) is 16.5 Å². The number of hydrogen-bond donors (Lipinski definition) is 3. The molecule has 0 aliphatic rings. The summed E-state index contributed by atoms with van der Waals surface area (Å²) < 4.78 is 22.2. The van der Waals surface area contributed by atoms with Crippen molar-refractivity contribution in [2.45, 2.75) is 19.8 Å². The third-order valence-electron chi connectivity index (χ3n) is 6.05. The zero-order chi connectivity index (χ0) is 28.2. The van der Waals surface area contributed by atoms with Crippen LogP contribution in [0.5, 0.6) is 11.5 Å². The number of amides is 3. The average Bonchev–Trinajstić information content (AvgIpc) is 3.38. The van der Waals surface area contributed by atoms with Gasteiger partial charge in [0.2, 0.25) is 0 Å². The summed E-state index contributed by atoms with van der Waals surface area (Å²) in [4.78, 5) is 32.8. The number of fused-ring (bicyclic) bond motifs is 1. The number of hydrogen-bond acceptors (Lipinski definition) is 6. The number of nitrogens with one attached hydrogen (secondary N) is 3. The number of aromatic nitrogens is 4. The van der Waals surface area contributed by atoms with Gasteiger partial charge in [-0.25, -0.2) is 13.9 Å². The van der Waals surface area contributed by atoms with Crippen LogP contribution in [0.4, 0.5) is 20.7 Å². The third kappa shape index (κ3) is 5.73. The first-order valence-electron chi connectivity index (χ1n) is 12.5. The molecule has 3 N–H and O–H groups in total. The Balaban J connectivity index is 1.33. The van der Waals surface area contributed by atoms with Gasteiger partial charge in [-0.15, -0.1) is 0 Å². The van der Waals surface area contributed by atoms with Crippen LogP contribution in [0.3, 0.4) is 0 Å². The summed E-state index contributed by atoms with van der Waals surface area (Å²) in [6.45, 7) is 4.01. The fraction of sp³-hybridized carbons (Fsp3) is 0.138. The fourth-order valence-electron chi connectivity index (χ4n) is 3.96. The zero-order valence-electron chi connectivity index (χ0n) is 22.0. The second kappa shape index (κ2) is 11.2. The first-order valence-corrected chi connectivity index (χ1v) is 12.5. The molecular weight excluding hydrogens is 513 g/mol. The van der Waals surface area contributed by atoms with Crippen molar-refractivity contribution in [3.05, 3.63) is 96.5 Å². The molecule has 0 spiro atoms. The molecule has 0 unspecified atom stereocenters. The Kier molecular flexibility index (Phi) is 7.36. The second-order valence-corrected chi connectivity index (χ2v) is 9.21. The van der Waals surface area contributed by atoms with E-state index >= 15 is 0 Å². The van der Waals surface area contributed by atoms with E-state index in [0.717, 1.165) is 28.2 Å². The van der Waals surface area contributed by atoms with E-state index in [0.29, 0.717) is 11.6 Å². The number of urea groups is 1. The van der Waals surface area contributed by atoms with E-state index in [1.165, 1.54) is 31.4 Å². The van der Waals surface area contributed by atoms with Gasteiger partial charge < -0.3 is 15.4 Å². The minimum Gasteiger partial charge on any atom is -0.457 e. The number of rotatable bonds is 7. The van der Waals surface area contributed by atoms with E-state index in [4.69, 9.17) is 4.74 Å². The normalized spacial score (nSPS) is 10.9. The van der Waals surface area contributed by atoms with Crippen molar-refractivity contribution in [2.75, 3.05) is 17.7 Å². The summed E-state index contributed by atoms with van der Waals surface area (Å²) in [6.07, 6.45) is 4.91. The zero-order valence-corrected chi connectivity index (χ0v) is 22.0. The minimum absolute atomic E-state index is 0.0426.